The van der Waals surface area contributed by atoms with E-state index in [0.717, 1.165) is 22.5 Å². The smallest absolute Gasteiger partial charge is 0.0384 e. The topological polar surface area (TPSA) is 12.0 Å². The molecule has 0 aliphatic carbocycles. The highest BCUT2D eigenvalue weighted by atomic mass is 32.1. The number of rotatable bonds is 5. The first-order chi connectivity index (χ1) is 8.52. The molecular formula is C16H21NS. The first kappa shape index (κ1) is 14.7. The fraction of sp³-hybridized carbons (Fsp3) is 0.250. The maximum atomic E-state index is 4.29. The van der Waals surface area contributed by atoms with Crippen molar-refractivity contribution in [3.8, 4) is 0 Å². The lowest BCUT2D eigenvalue weighted by atomic mass is 10.1. The Labute approximate surface area is 116 Å². The van der Waals surface area contributed by atoms with Crippen LogP contribution in [0.25, 0.3) is 0 Å². The molecule has 1 nitrogen and oxygen atoms in total. The largest absolute Gasteiger partial charge is 0.359 e. The van der Waals surface area contributed by atoms with Crippen molar-refractivity contribution in [2.24, 2.45) is 0 Å². The van der Waals surface area contributed by atoms with E-state index in [9.17, 15) is 0 Å². The van der Waals surface area contributed by atoms with Crippen LogP contribution in [-0.2, 0) is 0 Å². The van der Waals surface area contributed by atoms with Gasteiger partial charge in [0.25, 0.3) is 0 Å². The molecule has 2 heteroatoms. The fourth-order valence-electron chi connectivity index (χ4n) is 1.55. The van der Waals surface area contributed by atoms with Gasteiger partial charge in [0.15, 0.2) is 0 Å². The summed E-state index contributed by atoms with van der Waals surface area (Å²) in [6, 6.07) is 8.32. The van der Waals surface area contributed by atoms with Crippen LogP contribution in [0.15, 0.2) is 59.8 Å². The quantitative estimate of drug-likeness (QED) is 0.575. The van der Waals surface area contributed by atoms with Gasteiger partial charge >= 0.3 is 0 Å². The Morgan fingerprint density at radius 2 is 2.06 bits per heavy atom. The maximum Gasteiger partial charge on any atom is 0.0384 e. The van der Waals surface area contributed by atoms with Crippen molar-refractivity contribution in [3.63, 3.8) is 0 Å². The minimum absolute atomic E-state index is 0.712. The van der Waals surface area contributed by atoms with E-state index in [1.165, 1.54) is 5.56 Å². The number of allylic oxidation sites excluding steroid dienone is 4. The lowest BCUT2D eigenvalue weighted by Crippen LogP contribution is -1.95. The summed E-state index contributed by atoms with van der Waals surface area (Å²) in [6.07, 6.45) is 4.12. The van der Waals surface area contributed by atoms with E-state index in [1.807, 2.05) is 19.9 Å². The lowest BCUT2D eigenvalue weighted by molar-refractivity contribution is 1.34. The Morgan fingerprint density at radius 3 is 2.61 bits per heavy atom. The van der Waals surface area contributed by atoms with E-state index in [1.54, 1.807) is 0 Å². The van der Waals surface area contributed by atoms with Crippen LogP contribution < -0.4 is 5.32 Å². The normalized spacial score (nSPS) is 12.4. The van der Waals surface area contributed by atoms with Crippen molar-refractivity contribution in [2.75, 3.05) is 11.1 Å². The second-order valence-corrected chi connectivity index (χ2v) is 4.79. The Kier molecular flexibility index (Phi) is 5.79. The van der Waals surface area contributed by atoms with E-state index in [0.29, 0.717) is 5.75 Å². The molecule has 0 aliphatic rings. The molecule has 1 N–H and O–H groups in total. The Morgan fingerprint density at radius 1 is 1.33 bits per heavy atom. The molecule has 0 fully saturated rings. The number of anilines is 1. The van der Waals surface area contributed by atoms with E-state index >= 15 is 0 Å². The van der Waals surface area contributed by atoms with Crippen LogP contribution in [0, 0.1) is 6.92 Å². The third-order valence-corrected chi connectivity index (χ3v) is 2.95. The molecule has 0 atom stereocenters. The summed E-state index contributed by atoms with van der Waals surface area (Å²) in [7, 11) is 0. The zero-order valence-corrected chi connectivity index (χ0v) is 12.2. The van der Waals surface area contributed by atoms with Gasteiger partial charge in [0.1, 0.15) is 0 Å². The molecule has 1 rings (SSSR count). The van der Waals surface area contributed by atoms with Gasteiger partial charge in [0.2, 0.25) is 0 Å². The third kappa shape index (κ3) is 4.84. The second-order valence-electron chi connectivity index (χ2n) is 4.47. The molecule has 0 spiro atoms. The molecule has 0 saturated heterocycles. The van der Waals surface area contributed by atoms with Gasteiger partial charge in [0.05, 0.1) is 0 Å². The Balaban J connectivity index is 2.76. The highest BCUT2D eigenvalue weighted by Gasteiger charge is 1.95. The predicted molar refractivity (Wildman–Crippen MR) is 85.3 cm³/mol. The standard InChI is InChI=1S/C16H21NS/c1-12(2)15(11-18)9-8-14(4)17-16-7-5-6-13(3)10-16/h5-10,17-18H,1,11H2,2-4H3/b14-8+,15-9-. The Bertz CT molecular complexity index is 484. The van der Waals surface area contributed by atoms with Crippen LogP contribution in [0.1, 0.15) is 19.4 Å². The summed E-state index contributed by atoms with van der Waals surface area (Å²) in [6.45, 7) is 10.1. The number of hydrogen-bond acceptors (Lipinski definition) is 2. The minimum atomic E-state index is 0.712. The first-order valence-corrected chi connectivity index (χ1v) is 6.64. The van der Waals surface area contributed by atoms with Crippen molar-refractivity contribution >= 4 is 18.3 Å². The third-order valence-electron chi connectivity index (χ3n) is 2.61. The molecule has 96 valence electrons. The molecule has 1 aromatic carbocycles. The van der Waals surface area contributed by atoms with Crippen LogP contribution in [0.2, 0.25) is 0 Å². The lowest BCUT2D eigenvalue weighted by Gasteiger charge is -2.07. The van der Waals surface area contributed by atoms with E-state index < -0.39 is 0 Å². The number of thiol groups is 1. The van der Waals surface area contributed by atoms with Crippen LogP contribution >= 0.6 is 12.6 Å². The number of hydrogen-bond donors (Lipinski definition) is 2. The van der Waals surface area contributed by atoms with Crippen molar-refractivity contribution in [3.05, 3.63) is 65.4 Å². The summed E-state index contributed by atoms with van der Waals surface area (Å²) < 4.78 is 0. The number of benzene rings is 1. The van der Waals surface area contributed by atoms with Gasteiger partial charge < -0.3 is 5.32 Å². The van der Waals surface area contributed by atoms with E-state index in [4.69, 9.17) is 0 Å². The van der Waals surface area contributed by atoms with Gasteiger partial charge in [-0.05, 0) is 50.1 Å². The zero-order chi connectivity index (χ0) is 13.5. The van der Waals surface area contributed by atoms with Crippen molar-refractivity contribution in [1.82, 2.24) is 0 Å². The second kappa shape index (κ2) is 7.12. The molecule has 0 amide bonds. The van der Waals surface area contributed by atoms with Gasteiger partial charge in [-0.15, -0.1) is 0 Å². The van der Waals surface area contributed by atoms with Gasteiger partial charge in [0, 0.05) is 17.1 Å². The molecule has 0 bridgehead atoms. The summed E-state index contributed by atoms with van der Waals surface area (Å²) >= 11 is 4.29. The predicted octanol–water partition coefficient (Wildman–Crippen LogP) is 4.74. The van der Waals surface area contributed by atoms with Crippen molar-refractivity contribution < 1.29 is 0 Å². The van der Waals surface area contributed by atoms with Crippen LogP contribution in [0.3, 0.4) is 0 Å². The van der Waals surface area contributed by atoms with Crippen molar-refractivity contribution in [1.29, 1.82) is 0 Å². The molecule has 0 saturated carbocycles. The first-order valence-electron chi connectivity index (χ1n) is 6.01. The summed E-state index contributed by atoms with van der Waals surface area (Å²) in [5.41, 5.74) is 5.68. The average Bonchev–Trinajstić information content (AvgIpc) is 2.29. The van der Waals surface area contributed by atoms with Crippen molar-refractivity contribution in [2.45, 2.75) is 20.8 Å². The van der Waals surface area contributed by atoms with E-state index in [-0.39, 0.29) is 0 Å². The molecule has 0 aromatic heterocycles. The SMILES string of the molecule is C=C(C)/C(=C\C=C(/C)Nc1cccc(C)c1)CS. The molecule has 0 aliphatic heterocycles. The summed E-state index contributed by atoms with van der Waals surface area (Å²) in [4.78, 5) is 0. The zero-order valence-electron chi connectivity index (χ0n) is 11.3. The molecule has 0 unspecified atom stereocenters. The molecular weight excluding hydrogens is 238 g/mol. The molecule has 0 radical (unpaired) electrons. The average molecular weight is 259 g/mol. The van der Waals surface area contributed by atoms with Gasteiger partial charge in [-0.3, -0.25) is 0 Å². The molecule has 1 aromatic rings. The Hall–Kier alpha value is -1.41. The fourth-order valence-corrected chi connectivity index (χ4v) is 1.92. The maximum absolute atomic E-state index is 4.29. The minimum Gasteiger partial charge on any atom is -0.359 e. The van der Waals surface area contributed by atoms with Gasteiger partial charge in [-0.1, -0.05) is 30.4 Å². The highest BCUT2D eigenvalue weighted by molar-refractivity contribution is 7.80. The van der Waals surface area contributed by atoms with E-state index in [2.05, 4.69) is 61.8 Å². The van der Waals surface area contributed by atoms with Crippen LogP contribution in [0.4, 0.5) is 5.69 Å². The highest BCUT2D eigenvalue weighted by Crippen LogP contribution is 2.13. The summed E-state index contributed by atoms with van der Waals surface area (Å²) in [5.74, 6) is 0.712. The van der Waals surface area contributed by atoms with Crippen LogP contribution in [-0.4, -0.2) is 5.75 Å². The number of aryl methyl sites for hydroxylation is 1. The van der Waals surface area contributed by atoms with Gasteiger partial charge in [-0.2, -0.15) is 12.6 Å². The van der Waals surface area contributed by atoms with Gasteiger partial charge in [-0.25, -0.2) is 0 Å². The molecule has 18 heavy (non-hydrogen) atoms. The summed E-state index contributed by atoms with van der Waals surface area (Å²) in [5, 5.41) is 3.36. The van der Waals surface area contributed by atoms with Crippen LogP contribution in [0.5, 0.6) is 0 Å². The monoisotopic (exact) mass is 259 g/mol. The molecule has 0 heterocycles. The number of nitrogens with one attached hydrogen (secondary N) is 1.